The number of hydrogen-bond acceptors (Lipinski definition) is 3. The summed E-state index contributed by atoms with van der Waals surface area (Å²) in [4.78, 5) is 2.04. The predicted molar refractivity (Wildman–Crippen MR) is 70.5 cm³/mol. The van der Waals surface area contributed by atoms with Crippen molar-refractivity contribution in [3.05, 3.63) is 41.6 Å². The van der Waals surface area contributed by atoms with Crippen molar-refractivity contribution in [2.24, 2.45) is 5.73 Å². The van der Waals surface area contributed by atoms with Crippen LogP contribution >= 0.6 is 0 Å². The van der Waals surface area contributed by atoms with Gasteiger partial charge in [0.05, 0.1) is 11.4 Å². The van der Waals surface area contributed by atoms with Gasteiger partial charge in [0.1, 0.15) is 5.82 Å². The van der Waals surface area contributed by atoms with E-state index in [2.05, 4.69) is 24.2 Å². The fraction of sp³-hybridized carbons (Fsp3) is 0.308. The molecule has 0 radical (unpaired) electrons. The first kappa shape index (κ1) is 11.7. The molecule has 17 heavy (non-hydrogen) atoms. The fourth-order valence-electron chi connectivity index (χ4n) is 1.79. The normalized spacial score (nSPS) is 10.6. The van der Waals surface area contributed by atoms with Gasteiger partial charge in [0.2, 0.25) is 0 Å². The molecule has 0 fully saturated rings. The molecule has 0 aliphatic rings. The van der Waals surface area contributed by atoms with E-state index >= 15 is 0 Å². The SMILES string of the molecule is Cc1cccc(-n2nc(CN)cc2N(C)C)c1. The van der Waals surface area contributed by atoms with Gasteiger partial charge >= 0.3 is 0 Å². The molecule has 90 valence electrons. The first-order valence-corrected chi connectivity index (χ1v) is 5.65. The van der Waals surface area contributed by atoms with E-state index in [1.807, 2.05) is 41.9 Å². The Bertz CT molecular complexity index is 514. The summed E-state index contributed by atoms with van der Waals surface area (Å²) in [6.45, 7) is 2.53. The largest absolute Gasteiger partial charge is 0.363 e. The number of aryl methyl sites for hydroxylation is 1. The molecular formula is C13H18N4. The highest BCUT2D eigenvalue weighted by molar-refractivity contribution is 5.48. The zero-order chi connectivity index (χ0) is 12.4. The molecule has 0 spiro atoms. The summed E-state index contributed by atoms with van der Waals surface area (Å²) in [5.41, 5.74) is 8.83. The van der Waals surface area contributed by atoms with Gasteiger partial charge in [-0.15, -0.1) is 0 Å². The van der Waals surface area contributed by atoms with Crippen molar-refractivity contribution in [1.29, 1.82) is 0 Å². The Hall–Kier alpha value is -1.81. The Morgan fingerprint density at radius 3 is 2.65 bits per heavy atom. The molecule has 0 saturated carbocycles. The summed E-state index contributed by atoms with van der Waals surface area (Å²) in [5, 5.41) is 4.51. The highest BCUT2D eigenvalue weighted by Gasteiger charge is 2.10. The van der Waals surface area contributed by atoms with E-state index in [0.717, 1.165) is 17.2 Å². The lowest BCUT2D eigenvalue weighted by molar-refractivity contribution is 0.819. The van der Waals surface area contributed by atoms with Gasteiger partial charge in [-0.25, -0.2) is 4.68 Å². The van der Waals surface area contributed by atoms with Gasteiger partial charge < -0.3 is 10.6 Å². The minimum atomic E-state index is 0.458. The Morgan fingerprint density at radius 2 is 2.06 bits per heavy atom. The maximum Gasteiger partial charge on any atom is 0.132 e. The summed E-state index contributed by atoms with van der Waals surface area (Å²) in [6.07, 6.45) is 0. The summed E-state index contributed by atoms with van der Waals surface area (Å²) in [5.74, 6) is 1.04. The zero-order valence-electron chi connectivity index (χ0n) is 10.5. The molecule has 1 heterocycles. The van der Waals surface area contributed by atoms with Crippen molar-refractivity contribution >= 4 is 5.82 Å². The molecule has 0 saturated heterocycles. The molecule has 4 heteroatoms. The van der Waals surface area contributed by atoms with E-state index in [4.69, 9.17) is 5.73 Å². The van der Waals surface area contributed by atoms with Crippen LogP contribution in [0.25, 0.3) is 5.69 Å². The monoisotopic (exact) mass is 230 g/mol. The zero-order valence-corrected chi connectivity index (χ0v) is 10.5. The van der Waals surface area contributed by atoms with Crippen molar-refractivity contribution in [2.75, 3.05) is 19.0 Å². The van der Waals surface area contributed by atoms with Gasteiger partial charge in [-0.3, -0.25) is 0 Å². The van der Waals surface area contributed by atoms with Gasteiger partial charge in [-0.1, -0.05) is 12.1 Å². The maximum absolute atomic E-state index is 5.65. The van der Waals surface area contributed by atoms with Crippen LogP contribution < -0.4 is 10.6 Å². The molecule has 1 aromatic heterocycles. The van der Waals surface area contributed by atoms with Crippen LogP contribution in [-0.2, 0) is 6.54 Å². The van der Waals surface area contributed by atoms with E-state index in [1.54, 1.807) is 0 Å². The summed E-state index contributed by atoms with van der Waals surface area (Å²) in [7, 11) is 4.01. The van der Waals surface area contributed by atoms with Crippen molar-refractivity contribution in [3.63, 3.8) is 0 Å². The lowest BCUT2D eigenvalue weighted by atomic mass is 10.2. The Kier molecular flexibility index (Phi) is 3.15. The third-order valence-corrected chi connectivity index (χ3v) is 2.65. The van der Waals surface area contributed by atoms with Crippen LogP contribution in [0.15, 0.2) is 30.3 Å². The van der Waals surface area contributed by atoms with Gasteiger partial charge in [0.25, 0.3) is 0 Å². The maximum atomic E-state index is 5.65. The fourth-order valence-corrected chi connectivity index (χ4v) is 1.79. The highest BCUT2D eigenvalue weighted by Crippen LogP contribution is 2.20. The van der Waals surface area contributed by atoms with E-state index in [9.17, 15) is 0 Å². The summed E-state index contributed by atoms with van der Waals surface area (Å²) < 4.78 is 1.93. The number of anilines is 1. The minimum absolute atomic E-state index is 0.458. The molecule has 0 bridgehead atoms. The second kappa shape index (κ2) is 4.59. The summed E-state index contributed by atoms with van der Waals surface area (Å²) in [6, 6.07) is 10.3. The van der Waals surface area contributed by atoms with Crippen LogP contribution in [0.5, 0.6) is 0 Å². The third-order valence-electron chi connectivity index (χ3n) is 2.65. The molecular weight excluding hydrogens is 212 g/mol. The molecule has 0 aliphatic heterocycles. The average molecular weight is 230 g/mol. The van der Waals surface area contributed by atoms with Gasteiger partial charge in [0, 0.05) is 26.7 Å². The second-order valence-electron chi connectivity index (χ2n) is 4.34. The molecule has 2 N–H and O–H groups in total. The van der Waals surface area contributed by atoms with Gasteiger partial charge in [0.15, 0.2) is 0 Å². The topological polar surface area (TPSA) is 47.1 Å². The molecule has 0 atom stereocenters. The molecule has 2 aromatic rings. The second-order valence-corrected chi connectivity index (χ2v) is 4.34. The smallest absolute Gasteiger partial charge is 0.132 e. The number of nitrogens with zero attached hydrogens (tertiary/aromatic N) is 3. The van der Waals surface area contributed by atoms with E-state index in [1.165, 1.54) is 5.56 Å². The van der Waals surface area contributed by atoms with Crippen molar-refractivity contribution in [3.8, 4) is 5.69 Å². The molecule has 0 unspecified atom stereocenters. The van der Waals surface area contributed by atoms with E-state index in [-0.39, 0.29) is 0 Å². The van der Waals surface area contributed by atoms with Crippen molar-refractivity contribution in [1.82, 2.24) is 9.78 Å². The average Bonchev–Trinajstić information content (AvgIpc) is 2.73. The molecule has 0 amide bonds. The molecule has 2 rings (SSSR count). The first-order chi connectivity index (χ1) is 8.11. The summed E-state index contributed by atoms with van der Waals surface area (Å²) >= 11 is 0. The van der Waals surface area contributed by atoms with Crippen LogP contribution in [-0.4, -0.2) is 23.9 Å². The number of nitrogens with two attached hydrogens (primary N) is 1. The highest BCUT2D eigenvalue weighted by atomic mass is 15.4. The van der Waals surface area contributed by atoms with Crippen LogP contribution in [0, 0.1) is 6.92 Å². The quantitative estimate of drug-likeness (QED) is 0.873. The van der Waals surface area contributed by atoms with Gasteiger partial charge in [-0.2, -0.15) is 5.10 Å². The first-order valence-electron chi connectivity index (χ1n) is 5.65. The number of hydrogen-bond donors (Lipinski definition) is 1. The van der Waals surface area contributed by atoms with E-state index < -0.39 is 0 Å². The standard InChI is InChI=1S/C13H18N4/c1-10-5-4-6-12(7-10)17-13(16(2)3)8-11(9-14)15-17/h4-8H,9,14H2,1-3H3. The molecule has 0 aliphatic carbocycles. The molecule has 4 nitrogen and oxygen atoms in total. The lowest BCUT2D eigenvalue weighted by Crippen LogP contribution is -2.14. The number of benzene rings is 1. The van der Waals surface area contributed by atoms with Crippen LogP contribution in [0.2, 0.25) is 0 Å². The number of aromatic nitrogens is 2. The Balaban J connectivity index is 2.53. The van der Waals surface area contributed by atoms with E-state index in [0.29, 0.717) is 6.54 Å². The van der Waals surface area contributed by atoms with Crippen molar-refractivity contribution < 1.29 is 0 Å². The van der Waals surface area contributed by atoms with Gasteiger partial charge in [-0.05, 0) is 24.6 Å². The Labute approximate surface area is 102 Å². The van der Waals surface area contributed by atoms with Crippen molar-refractivity contribution in [2.45, 2.75) is 13.5 Å². The molecule has 1 aromatic carbocycles. The van der Waals surface area contributed by atoms with Crippen LogP contribution in [0.3, 0.4) is 0 Å². The van der Waals surface area contributed by atoms with Crippen LogP contribution in [0.1, 0.15) is 11.3 Å². The Morgan fingerprint density at radius 1 is 1.29 bits per heavy atom. The van der Waals surface area contributed by atoms with Crippen LogP contribution in [0.4, 0.5) is 5.82 Å². The third kappa shape index (κ3) is 2.31. The minimum Gasteiger partial charge on any atom is -0.363 e. The predicted octanol–water partition coefficient (Wildman–Crippen LogP) is 1.71. The lowest BCUT2D eigenvalue weighted by Gasteiger charge is -2.14. The number of rotatable bonds is 3.